The first kappa shape index (κ1) is 16.4. The van der Waals surface area contributed by atoms with Gasteiger partial charge in [0.15, 0.2) is 0 Å². The number of aromatic nitrogens is 1. The quantitative estimate of drug-likeness (QED) is 0.746. The molecule has 24 heavy (non-hydrogen) atoms. The summed E-state index contributed by atoms with van der Waals surface area (Å²) >= 11 is 2.98. The van der Waals surface area contributed by atoms with Gasteiger partial charge in [0.25, 0.3) is 11.8 Å². The predicted octanol–water partition coefficient (Wildman–Crippen LogP) is 3.79. The molecule has 0 aliphatic carbocycles. The van der Waals surface area contributed by atoms with E-state index in [9.17, 15) is 9.59 Å². The molecule has 122 valence electrons. The van der Waals surface area contributed by atoms with Gasteiger partial charge in [-0.3, -0.25) is 9.59 Å². The van der Waals surface area contributed by atoms with E-state index in [1.165, 1.54) is 11.3 Å². The normalized spacial score (nSPS) is 10.4. The molecule has 3 aromatic rings. The number of rotatable bonds is 4. The standard InChI is InChI=1S/C17H15N3O2S2/c1-10-14(24-17(19-10)12-7-8-23-9-12)16(22)20-13-5-3-11(4-6-13)15(21)18-2/h3-9H,1-2H3,(H,18,21)(H,20,22). The van der Waals surface area contributed by atoms with Gasteiger partial charge in [-0.15, -0.1) is 11.3 Å². The van der Waals surface area contributed by atoms with Crippen molar-refractivity contribution in [3.05, 3.63) is 57.2 Å². The van der Waals surface area contributed by atoms with Gasteiger partial charge in [0, 0.05) is 29.2 Å². The molecule has 7 heteroatoms. The highest BCUT2D eigenvalue weighted by molar-refractivity contribution is 7.17. The van der Waals surface area contributed by atoms with Crippen LogP contribution in [0.25, 0.3) is 10.6 Å². The minimum Gasteiger partial charge on any atom is -0.355 e. The van der Waals surface area contributed by atoms with Gasteiger partial charge in [-0.25, -0.2) is 4.98 Å². The molecule has 2 N–H and O–H groups in total. The van der Waals surface area contributed by atoms with Crippen molar-refractivity contribution in [3.63, 3.8) is 0 Å². The summed E-state index contributed by atoms with van der Waals surface area (Å²) in [6.07, 6.45) is 0. The highest BCUT2D eigenvalue weighted by atomic mass is 32.1. The third-order valence-electron chi connectivity index (χ3n) is 3.40. The smallest absolute Gasteiger partial charge is 0.267 e. The van der Waals surface area contributed by atoms with E-state index in [1.807, 2.05) is 23.8 Å². The van der Waals surface area contributed by atoms with Crippen molar-refractivity contribution in [2.24, 2.45) is 0 Å². The molecule has 0 aliphatic heterocycles. The van der Waals surface area contributed by atoms with Crippen LogP contribution in [0.15, 0.2) is 41.1 Å². The maximum absolute atomic E-state index is 12.5. The number of carbonyl (C=O) groups excluding carboxylic acids is 2. The molecule has 5 nitrogen and oxygen atoms in total. The van der Waals surface area contributed by atoms with Gasteiger partial charge in [-0.05, 0) is 42.6 Å². The van der Waals surface area contributed by atoms with Gasteiger partial charge in [0.1, 0.15) is 9.88 Å². The molecule has 0 fully saturated rings. The fourth-order valence-corrected chi connectivity index (χ4v) is 3.83. The Morgan fingerprint density at radius 1 is 1.08 bits per heavy atom. The first-order chi connectivity index (χ1) is 11.6. The summed E-state index contributed by atoms with van der Waals surface area (Å²) in [5.41, 5.74) is 2.92. The zero-order chi connectivity index (χ0) is 17.1. The molecule has 2 aromatic heterocycles. The largest absolute Gasteiger partial charge is 0.355 e. The van der Waals surface area contributed by atoms with Crippen LogP contribution in [0.5, 0.6) is 0 Å². The Bertz CT molecular complexity index is 868. The van der Waals surface area contributed by atoms with E-state index in [0.29, 0.717) is 21.8 Å². The molecule has 2 amide bonds. The van der Waals surface area contributed by atoms with Crippen LogP contribution in [0, 0.1) is 6.92 Å². The van der Waals surface area contributed by atoms with E-state index in [1.54, 1.807) is 42.6 Å². The van der Waals surface area contributed by atoms with Crippen LogP contribution >= 0.6 is 22.7 Å². The Hall–Kier alpha value is -2.51. The summed E-state index contributed by atoms with van der Waals surface area (Å²) in [7, 11) is 1.58. The average molecular weight is 357 g/mol. The number of hydrogen-bond donors (Lipinski definition) is 2. The minimum atomic E-state index is -0.195. The topological polar surface area (TPSA) is 71.1 Å². The Labute approximate surface area is 147 Å². The van der Waals surface area contributed by atoms with Crippen molar-refractivity contribution < 1.29 is 9.59 Å². The van der Waals surface area contributed by atoms with Crippen molar-refractivity contribution >= 4 is 40.2 Å². The van der Waals surface area contributed by atoms with Crippen LogP contribution in [0.4, 0.5) is 5.69 Å². The molecule has 0 saturated heterocycles. The van der Waals surface area contributed by atoms with Crippen LogP contribution in [-0.2, 0) is 0 Å². The van der Waals surface area contributed by atoms with E-state index in [0.717, 1.165) is 10.6 Å². The van der Waals surface area contributed by atoms with Gasteiger partial charge >= 0.3 is 0 Å². The van der Waals surface area contributed by atoms with Gasteiger partial charge in [0.05, 0.1) is 5.69 Å². The van der Waals surface area contributed by atoms with Gasteiger partial charge in [-0.1, -0.05) is 0 Å². The fourth-order valence-electron chi connectivity index (χ4n) is 2.15. The number of carbonyl (C=O) groups is 2. The zero-order valence-corrected chi connectivity index (χ0v) is 14.8. The van der Waals surface area contributed by atoms with Gasteiger partial charge < -0.3 is 10.6 Å². The second-order valence-electron chi connectivity index (χ2n) is 5.06. The number of nitrogens with zero attached hydrogens (tertiary/aromatic N) is 1. The molecule has 3 rings (SSSR count). The monoisotopic (exact) mass is 357 g/mol. The molecule has 0 saturated carbocycles. The molecule has 0 aliphatic rings. The lowest BCUT2D eigenvalue weighted by atomic mass is 10.2. The van der Waals surface area contributed by atoms with Crippen molar-refractivity contribution in [3.8, 4) is 10.6 Å². The maximum atomic E-state index is 12.5. The second kappa shape index (κ2) is 6.94. The number of thiophene rings is 1. The van der Waals surface area contributed by atoms with Crippen molar-refractivity contribution in [1.82, 2.24) is 10.3 Å². The minimum absolute atomic E-state index is 0.161. The number of aryl methyl sites for hydroxylation is 1. The fraction of sp³-hybridized carbons (Fsp3) is 0.118. The van der Waals surface area contributed by atoms with Crippen molar-refractivity contribution in [2.45, 2.75) is 6.92 Å². The Morgan fingerprint density at radius 3 is 2.46 bits per heavy atom. The molecular formula is C17H15N3O2S2. The molecule has 0 radical (unpaired) electrons. The number of benzene rings is 1. The third kappa shape index (κ3) is 3.37. The van der Waals surface area contributed by atoms with Crippen LogP contribution in [0.1, 0.15) is 25.7 Å². The molecule has 0 spiro atoms. The van der Waals surface area contributed by atoms with E-state index in [-0.39, 0.29) is 11.8 Å². The first-order valence-electron chi connectivity index (χ1n) is 7.22. The lowest BCUT2D eigenvalue weighted by Crippen LogP contribution is -2.17. The predicted molar refractivity (Wildman–Crippen MR) is 97.9 cm³/mol. The SMILES string of the molecule is CNC(=O)c1ccc(NC(=O)c2sc(-c3ccsc3)nc2C)cc1. The number of hydrogen-bond acceptors (Lipinski definition) is 5. The maximum Gasteiger partial charge on any atom is 0.267 e. The van der Waals surface area contributed by atoms with E-state index >= 15 is 0 Å². The highest BCUT2D eigenvalue weighted by Crippen LogP contribution is 2.29. The van der Waals surface area contributed by atoms with Crippen molar-refractivity contribution in [1.29, 1.82) is 0 Å². The summed E-state index contributed by atoms with van der Waals surface area (Å²) < 4.78 is 0. The number of anilines is 1. The summed E-state index contributed by atoms with van der Waals surface area (Å²) in [6, 6.07) is 8.74. The number of amides is 2. The van der Waals surface area contributed by atoms with Crippen LogP contribution < -0.4 is 10.6 Å². The van der Waals surface area contributed by atoms with E-state index in [4.69, 9.17) is 0 Å². The zero-order valence-electron chi connectivity index (χ0n) is 13.1. The van der Waals surface area contributed by atoms with Crippen LogP contribution in [0.2, 0.25) is 0 Å². The van der Waals surface area contributed by atoms with E-state index < -0.39 is 0 Å². The molecular weight excluding hydrogens is 342 g/mol. The molecule has 2 heterocycles. The lowest BCUT2D eigenvalue weighted by molar-refractivity contribution is 0.0962. The van der Waals surface area contributed by atoms with Crippen molar-refractivity contribution in [2.75, 3.05) is 12.4 Å². The number of thiazole rings is 1. The number of nitrogens with one attached hydrogen (secondary N) is 2. The summed E-state index contributed by atoms with van der Waals surface area (Å²) in [6.45, 7) is 1.83. The van der Waals surface area contributed by atoms with Crippen LogP contribution in [0.3, 0.4) is 0 Å². The molecule has 0 unspecified atom stereocenters. The summed E-state index contributed by atoms with van der Waals surface area (Å²) in [4.78, 5) is 29.1. The highest BCUT2D eigenvalue weighted by Gasteiger charge is 2.16. The Morgan fingerprint density at radius 2 is 1.83 bits per heavy atom. The van der Waals surface area contributed by atoms with E-state index in [2.05, 4.69) is 15.6 Å². The van der Waals surface area contributed by atoms with Crippen LogP contribution in [-0.4, -0.2) is 23.8 Å². The molecule has 1 aromatic carbocycles. The van der Waals surface area contributed by atoms with Gasteiger partial charge in [0.2, 0.25) is 0 Å². The lowest BCUT2D eigenvalue weighted by Gasteiger charge is -2.05. The Balaban J connectivity index is 1.77. The first-order valence-corrected chi connectivity index (χ1v) is 8.98. The van der Waals surface area contributed by atoms with Gasteiger partial charge in [-0.2, -0.15) is 11.3 Å². The second-order valence-corrected chi connectivity index (χ2v) is 6.84. The summed E-state index contributed by atoms with van der Waals surface area (Å²) in [5, 5.41) is 10.2. The third-order valence-corrected chi connectivity index (χ3v) is 5.29. The Kier molecular flexibility index (Phi) is 4.73. The summed E-state index contributed by atoms with van der Waals surface area (Å²) in [5.74, 6) is -0.356. The molecule has 0 atom stereocenters. The average Bonchev–Trinajstić information content (AvgIpc) is 3.24. The molecule has 0 bridgehead atoms.